The number of non-ortho nitro benzene ring substituents is 1. The molecule has 5 rings (SSSR count). The van der Waals surface area contributed by atoms with Gasteiger partial charge in [-0.15, -0.1) is 11.3 Å². The zero-order valence-electron chi connectivity index (χ0n) is 18.4. The molecule has 0 bridgehead atoms. The lowest BCUT2D eigenvalue weighted by Crippen LogP contribution is -2.16. The molecule has 1 aromatic heterocycles. The molecular formula is C27H19N3O4S. The van der Waals surface area contributed by atoms with Crippen LogP contribution in [0.15, 0.2) is 96.1 Å². The van der Waals surface area contributed by atoms with Gasteiger partial charge in [-0.1, -0.05) is 54.6 Å². The first kappa shape index (κ1) is 22.2. The standard InChI is InChI=1S/C27H19N3O4S/c31-27(26-15-21-14-22(30(32)33)12-13-25(21)35-26)29-28-16-19-7-2-4-11-24(19)34-17-20-9-5-8-18-6-1-3-10-23(18)20/h1-16H,17H2,(H,29,31)/b28-16-. The summed E-state index contributed by atoms with van der Waals surface area (Å²) in [6.45, 7) is 0.395. The van der Waals surface area contributed by atoms with E-state index < -0.39 is 4.92 Å². The second-order valence-corrected chi connectivity index (χ2v) is 8.84. The highest BCUT2D eigenvalue weighted by molar-refractivity contribution is 7.20. The number of fused-ring (bicyclic) bond motifs is 2. The average molecular weight is 482 g/mol. The van der Waals surface area contributed by atoms with E-state index in [-0.39, 0.29) is 11.6 Å². The maximum absolute atomic E-state index is 12.6. The van der Waals surface area contributed by atoms with Gasteiger partial charge < -0.3 is 4.74 Å². The lowest BCUT2D eigenvalue weighted by atomic mass is 10.1. The van der Waals surface area contributed by atoms with Gasteiger partial charge in [0, 0.05) is 27.8 Å². The van der Waals surface area contributed by atoms with Gasteiger partial charge in [0.1, 0.15) is 12.4 Å². The first-order chi connectivity index (χ1) is 17.1. The molecule has 0 spiro atoms. The molecule has 0 aliphatic heterocycles. The molecule has 0 atom stereocenters. The van der Waals surface area contributed by atoms with Gasteiger partial charge in [0.25, 0.3) is 11.6 Å². The van der Waals surface area contributed by atoms with Crippen LogP contribution >= 0.6 is 11.3 Å². The molecule has 0 aliphatic carbocycles. The fraction of sp³-hybridized carbons (Fsp3) is 0.0370. The van der Waals surface area contributed by atoms with E-state index in [0.717, 1.165) is 26.6 Å². The molecule has 0 unspecified atom stereocenters. The van der Waals surface area contributed by atoms with Crippen molar-refractivity contribution in [3.63, 3.8) is 0 Å². The van der Waals surface area contributed by atoms with Gasteiger partial charge >= 0.3 is 0 Å². The van der Waals surface area contributed by atoms with Crippen LogP contribution in [-0.2, 0) is 6.61 Å². The summed E-state index contributed by atoms with van der Waals surface area (Å²) in [6, 6.07) is 27.9. The Morgan fingerprint density at radius 1 is 0.971 bits per heavy atom. The lowest BCUT2D eigenvalue weighted by Gasteiger charge is -2.11. The zero-order chi connectivity index (χ0) is 24.2. The Balaban J connectivity index is 1.28. The first-order valence-corrected chi connectivity index (χ1v) is 11.6. The number of thiophene rings is 1. The van der Waals surface area contributed by atoms with Crippen molar-refractivity contribution in [3.05, 3.63) is 117 Å². The number of hydrazone groups is 1. The molecule has 0 aliphatic rings. The number of nitro benzene ring substituents is 1. The Labute approximate surface area is 204 Å². The number of para-hydroxylation sites is 1. The van der Waals surface area contributed by atoms with Gasteiger partial charge in [-0.05, 0) is 40.6 Å². The van der Waals surface area contributed by atoms with Crippen LogP contribution in [0.25, 0.3) is 20.9 Å². The van der Waals surface area contributed by atoms with E-state index in [0.29, 0.717) is 22.6 Å². The molecule has 0 saturated heterocycles. The highest BCUT2D eigenvalue weighted by Crippen LogP contribution is 2.29. The maximum atomic E-state index is 12.6. The van der Waals surface area contributed by atoms with Crippen molar-refractivity contribution in [2.24, 2.45) is 5.10 Å². The molecule has 0 radical (unpaired) electrons. The van der Waals surface area contributed by atoms with Gasteiger partial charge in [0.2, 0.25) is 0 Å². The number of nitrogens with one attached hydrogen (secondary N) is 1. The number of hydrogen-bond acceptors (Lipinski definition) is 6. The minimum atomic E-state index is -0.457. The number of carbonyl (C=O) groups is 1. The van der Waals surface area contributed by atoms with E-state index in [9.17, 15) is 14.9 Å². The maximum Gasteiger partial charge on any atom is 0.281 e. The van der Waals surface area contributed by atoms with Crippen LogP contribution in [0, 0.1) is 10.1 Å². The van der Waals surface area contributed by atoms with Crippen LogP contribution in [0.5, 0.6) is 5.75 Å². The van der Waals surface area contributed by atoms with Crippen LogP contribution in [0.1, 0.15) is 20.8 Å². The Morgan fingerprint density at radius 3 is 2.66 bits per heavy atom. The molecule has 1 N–H and O–H groups in total. The summed E-state index contributed by atoms with van der Waals surface area (Å²) in [5.74, 6) is 0.256. The largest absolute Gasteiger partial charge is 0.488 e. The Morgan fingerprint density at radius 2 is 1.77 bits per heavy atom. The number of benzene rings is 4. The van der Waals surface area contributed by atoms with Crippen molar-refractivity contribution in [3.8, 4) is 5.75 Å². The predicted octanol–water partition coefficient (Wildman–Crippen LogP) is 6.31. The van der Waals surface area contributed by atoms with Crippen LogP contribution in [-0.4, -0.2) is 17.0 Å². The molecule has 172 valence electrons. The van der Waals surface area contributed by atoms with Crippen LogP contribution in [0.4, 0.5) is 5.69 Å². The van der Waals surface area contributed by atoms with Gasteiger partial charge in [0.05, 0.1) is 16.0 Å². The van der Waals surface area contributed by atoms with Crippen molar-refractivity contribution in [2.45, 2.75) is 6.61 Å². The van der Waals surface area contributed by atoms with Gasteiger partial charge in [-0.2, -0.15) is 5.10 Å². The number of amides is 1. The van der Waals surface area contributed by atoms with Crippen LogP contribution in [0.3, 0.4) is 0 Å². The third-order valence-electron chi connectivity index (χ3n) is 5.49. The highest BCUT2D eigenvalue weighted by atomic mass is 32.1. The van der Waals surface area contributed by atoms with Crippen LogP contribution in [0.2, 0.25) is 0 Å². The second-order valence-electron chi connectivity index (χ2n) is 7.75. The van der Waals surface area contributed by atoms with Crippen molar-refractivity contribution in [2.75, 3.05) is 0 Å². The van der Waals surface area contributed by atoms with E-state index in [4.69, 9.17) is 4.74 Å². The summed E-state index contributed by atoms with van der Waals surface area (Å²) in [4.78, 5) is 23.5. The van der Waals surface area contributed by atoms with E-state index in [1.807, 2.05) is 48.5 Å². The van der Waals surface area contributed by atoms with Crippen molar-refractivity contribution in [1.82, 2.24) is 5.43 Å². The van der Waals surface area contributed by atoms with E-state index in [1.54, 1.807) is 12.1 Å². The quantitative estimate of drug-likeness (QED) is 0.168. The Kier molecular flexibility index (Phi) is 6.19. The smallest absolute Gasteiger partial charge is 0.281 e. The van der Waals surface area contributed by atoms with Gasteiger partial charge in [-0.3, -0.25) is 14.9 Å². The van der Waals surface area contributed by atoms with Crippen molar-refractivity contribution in [1.29, 1.82) is 0 Å². The Bertz CT molecular complexity index is 1590. The second kappa shape index (κ2) is 9.74. The highest BCUT2D eigenvalue weighted by Gasteiger charge is 2.13. The normalized spacial score (nSPS) is 11.2. The number of rotatable bonds is 7. The van der Waals surface area contributed by atoms with Crippen molar-refractivity contribution < 1.29 is 14.5 Å². The Hall–Kier alpha value is -4.56. The first-order valence-electron chi connectivity index (χ1n) is 10.8. The number of nitrogens with zero attached hydrogens (tertiary/aromatic N) is 2. The van der Waals surface area contributed by atoms with E-state index in [1.165, 1.54) is 29.7 Å². The molecular weight excluding hydrogens is 462 g/mol. The molecule has 0 saturated carbocycles. The number of carbonyl (C=O) groups excluding carboxylic acids is 1. The summed E-state index contributed by atoms with van der Waals surface area (Å²) >= 11 is 1.25. The predicted molar refractivity (Wildman–Crippen MR) is 138 cm³/mol. The minimum absolute atomic E-state index is 0.0135. The summed E-state index contributed by atoms with van der Waals surface area (Å²) in [5, 5.41) is 18.0. The van der Waals surface area contributed by atoms with E-state index in [2.05, 4.69) is 28.7 Å². The van der Waals surface area contributed by atoms with Crippen molar-refractivity contribution >= 4 is 50.0 Å². The molecule has 5 aromatic rings. The molecule has 0 fully saturated rings. The molecule has 1 heterocycles. The molecule has 35 heavy (non-hydrogen) atoms. The van der Waals surface area contributed by atoms with E-state index >= 15 is 0 Å². The minimum Gasteiger partial charge on any atom is -0.488 e. The number of hydrogen-bond donors (Lipinski definition) is 1. The third-order valence-corrected chi connectivity index (χ3v) is 6.60. The third kappa shape index (κ3) is 4.87. The molecule has 8 heteroatoms. The van der Waals surface area contributed by atoms with Gasteiger partial charge in [0.15, 0.2) is 0 Å². The fourth-order valence-electron chi connectivity index (χ4n) is 3.76. The summed E-state index contributed by atoms with van der Waals surface area (Å²) in [7, 11) is 0. The summed E-state index contributed by atoms with van der Waals surface area (Å²) in [5.41, 5.74) is 4.31. The number of ether oxygens (including phenoxy) is 1. The topological polar surface area (TPSA) is 93.8 Å². The number of nitro groups is 1. The summed E-state index contributed by atoms with van der Waals surface area (Å²) < 4.78 is 6.88. The van der Waals surface area contributed by atoms with Gasteiger partial charge in [-0.25, -0.2) is 5.43 Å². The SMILES string of the molecule is O=C(N/N=C\c1ccccc1OCc1cccc2ccccc12)c1cc2cc([N+](=O)[O-])ccc2s1. The fourth-order valence-corrected chi connectivity index (χ4v) is 4.70. The average Bonchev–Trinajstić information content (AvgIpc) is 3.32. The zero-order valence-corrected chi connectivity index (χ0v) is 19.2. The summed E-state index contributed by atoms with van der Waals surface area (Å²) in [6.07, 6.45) is 1.54. The molecule has 7 nitrogen and oxygen atoms in total. The van der Waals surface area contributed by atoms with Crippen LogP contribution < -0.4 is 10.2 Å². The molecule has 1 amide bonds. The lowest BCUT2D eigenvalue weighted by molar-refractivity contribution is -0.384. The molecule has 4 aromatic carbocycles. The monoisotopic (exact) mass is 481 g/mol.